The van der Waals surface area contributed by atoms with E-state index in [9.17, 15) is 4.79 Å². The van der Waals surface area contributed by atoms with Crippen LogP contribution in [-0.2, 0) is 4.79 Å². The summed E-state index contributed by atoms with van der Waals surface area (Å²) < 4.78 is 0. The molecular weight excluding hydrogens is 176 g/mol. The molecule has 0 saturated carbocycles. The second kappa shape index (κ2) is 4.13. The Bertz CT molecular complexity index is 235. The third kappa shape index (κ3) is 2.15. The highest BCUT2D eigenvalue weighted by atomic mass is 16.2. The Labute approximate surface area is 86.2 Å². The molecule has 14 heavy (non-hydrogen) atoms. The fraction of sp³-hybridized carbons (Fsp3) is 0.727. The van der Waals surface area contributed by atoms with Crippen molar-refractivity contribution in [2.45, 2.75) is 25.8 Å². The zero-order chi connectivity index (χ0) is 10.8. The Balaban J connectivity index is 2.68. The predicted octanol–water partition coefficient (Wildman–Crippen LogP) is 1.02. The number of hydrogen-bond donors (Lipinski definition) is 1. The molecule has 1 aliphatic heterocycles. The normalized spacial score (nSPS) is 25.1. The fourth-order valence-electron chi connectivity index (χ4n) is 2.31. The van der Waals surface area contributed by atoms with Gasteiger partial charge in [0.2, 0.25) is 5.91 Å². The van der Waals surface area contributed by atoms with Gasteiger partial charge in [-0.1, -0.05) is 6.58 Å². The summed E-state index contributed by atoms with van der Waals surface area (Å²) >= 11 is 0. The van der Waals surface area contributed by atoms with Crippen molar-refractivity contribution in [1.29, 1.82) is 0 Å². The van der Waals surface area contributed by atoms with Crippen LogP contribution < -0.4 is 5.32 Å². The molecule has 80 valence electrons. The summed E-state index contributed by atoms with van der Waals surface area (Å²) in [7, 11) is 1.95. The maximum Gasteiger partial charge on any atom is 0.246 e. The number of carbonyl (C=O) groups is 1. The first-order valence-corrected chi connectivity index (χ1v) is 5.10. The van der Waals surface area contributed by atoms with Crippen LogP contribution in [0.3, 0.4) is 0 Å². The van der Waals surface area contributed by atoms with Crippen LogP contribution in [0.5, 0.6) is 0 Å². The molecule has 0 aliphatic carbocycles. The van der Waals surface area contributed by atoms with E-state index in [0.717, 1.165) is 19.5 Å². The third-order valence-corrected chi connectivity index (χ3v) is 2.89. The lowest BCUT2D eigenvalue weighted by Gasteiger charge is -2.30. The molecule has 1 aliphatic rings. The number of nitrogens with one attached hydrogen (secondary N) is 1. The summed E-state index contributed by atoms with van der Waals surface area (Å²) in [5, 5.41) is 3.16. The first kappa shape index (κ1) is 11.2. The summed E-state index contributed by atoms with van der Waals surface area (Å²) in [6, 6.07) is 0. The Morgan fingerprint density at radius 3 is 2.86 bits per heavy atom. The highest BCUT2D eigenvalue weighted by molar-refractivity contribution is 5.87. The highest BCUT2D eigenvalue weighted by Gasteiger charge is 2.39. The fourth-order valence-corrected chi connectivity index (χ4v) is 2.31. The first-order valence-electron chi connectivity index (χ1n) is 5.10. The van der Waals surface area contributed by atoms with Crippen molar-refractivity contribution in [3.63, 3.8) is 0 Å². The molecule has 1 rings (SSSR count). The van der Waals surface area contributed by atoms with E-state index in [4.69, 9.17) is 0 Å². The van der Waals surface area contributed by atoms with Gasteiger partial charge in [0.25, 0.3) is 0 Å². The minimum Gasteiger partial charge on any atom is -0.334 e. The first-order chi connectivity index (χ1) is 6.51. The Hall–Kier alpha value is -0.830. The predicted molar refractivity (Wildman–Crippen MR) is 58.0 cm³/mol. The van der Waals surface area contributed by atoms with Gasteiger partial charge < -0.3 is 10.2 Å². The molecule has 0 aromatic rings. The van der Waals surface area contributed by atoms with Crippen LogP contribution in [0.2, 0.25) is 0 Å². The molecule has 0 spiro atoms. The molecule has 0 bridgehead atoms. The minimum atomic E-state index is -0.0210. The summed E-state index contributed by atoms with van der Waals surface area (Å²) in [6.07, 6.45) is 2.47. The van der Waals surface area contributed by atoms with Crippen LogP contribution in [-0.4, -0.2) is 36.5 Å². The Morgan fingerprint density at radius 1 is 1.71 bits per heavy atom. The van der Waals surface area contributed by atoms with E-state index >= 15 is 0 Å². The van der Waals surface area contributed by atoms with E-state index in [1.807, 2.05) is 11.9 Å². The standard InChI is InChI=1S/C11H20N2O/c1-5-10(14)13-8-9(7-12-4)6-11(13,2)3/h5,9,12H,1,6-8H2,2-4H3. The second-order valence-corrected chi connectivity index (χ2v) is 4.59. The topological polar surface area (TPSA) is 32.3 Å². The summed E-state index contributed by atoms with van der Waals surface area (Å²) in [4.78, 5) is 13.5. The smallest absolute Gasteiger partial charge is 0.246 e. The van der Waals surface area contributed by atoms with Gasteiger partial charge in [0.05, 0.1) is 0 Å². The van der Waals surface area contributed by atoms with E-state index in [0.29, 0.717) is 5.92 Å². The molecule has 3 nitrogen and oxygen atoms in total. The van der Waals surface area contributed by atoms with Gasteiger partial charge in [-0.2, -0.15) is 0 Å². The van der Waals surface area contributed by atoms with Crippen LogP contribution >= 0.6 is 0 Å². The maximum atomic E-state index is 11.6. The van der Waals surface area contributed by atoms with Gasteiger partial charge in [-0.3, -0.25) is 4.79 Å². The van der Waals surface area contributed by atoms with Crippen LogP contribution in [0.1, 0.15) is 20.3 Å². The SMILES string of the molecule is C=CC(=O)N1CC(CNC)CC1(C)C. The molecule has 1 atom stereocenters. The van der Waals surface area contributed by atoms with Gasteiger partial charge in [-0.05, 0) is 45.9 Å². The van der Waals surface area contributed by atoms with E-state index in [1.165, 1.54) is 6.08 Å². The van der Waals surface area contributed by atoms with Crippen molar-refractivity contribution >= 4 is 5.91 Å². The molecule has 0 aromatic carbocycles. The van der Waals surface area contributed by atoms with E-state index < -0.39 is 0 Å². The third-order valence-electron chi connectivity index (χ3n) is 2.89. The molecule has 3 heteroatoms. The lowest BCUT2D eigenvalue weighted by Crippen LogP contribution is -2.41. The van der Waals surface area contributed by atoms with Crippen LogP contribution in [0, 0.1) is 5.92 Å². The largest absolute Gasteiger partial charge is 0.334 e. The van der Waals surface area contributed by atoms with Crippen molar-refractivity contribution in [3.05, 3.63) is 12.7 Å². The van der Waals surface area contributed by atoms with Crippen LogP contribution in [0.25, 0.3) is 0 Å². The van der Waals surface area contributed by atoms with Crippen LogP contribution in [0.4, 0.5) is 0 Å². The van der Waals surface area contributed by atoms with Gasteiger partial charge in [0.15, 0.2) is 0 Å². The lowest BCUT2D eigenvalue weighted by molar-refractivity contribution is -0.129. The number of likely N-dealkylation sites (tertiary alicyclic amines) is 1. The van der Waals surface area contributed by atoms with E-state index in [2.05, 4.69) is 25.7 Å². The number of rotatable bonds is 3. The second-order valence-electron chi connectivity index (χ2n) is 4.59. The van der Waals surface area contributed by atoms with Crippen molar-refractivity contribution < 1.29 is 4.79 Å². The summed E-state index contributed by atoms with van der Waals surface area (Å²) in [5.74, 6) is 0.618. The summed E-state index contributed by atoms with van der Waals surface area (Å²) in [5.41, 5.74) is -0.0210. The monoisotopic (exact) mass is 196 g/mol. The molecule has 1 fully saturated rings. The number of carbonyl (C=O) groups excluding carboxylic acids is 1. The van der Waals surface area contributed by atoms with E-state index in [1.54, 1.807) is 0 Å². The van der Waals surface area contributed by atoms with E-state index in [-0.39, 0.29) is 11.4 Å². The zero-order valence-corrected chi connectivity index (χ0v) is 9.34. The number of amides is 1. The molecule has 0 aromatic heterocycles. The molecule has 1 N–H and O–H groups in total. The Morgan fingerprint density at radius 2 is 2.36 bits per heavy atom. The Kier molecular flexibility index (Phi) is 3.32. The minimum absolute atomic E-state index is 0.0210. The average molecular weight is 196 g/mol. The molecule has 1 heterocycles. The summed E-state index contributed by atoms with van der Waals surface area (Å²) in [6.45, 7) is 9.59. The highest BCUT2D eigenvalue weighted by Crippen LogP contribution is 2.32. The number of nitrogens with zero attached hydrogens (tertiary/aromatic N) is 1. The van der Waals surface area contributed by atoms with Gasteiger partial charge >= 0.3 is 0 Å². The lowest BCUT2D eigenvalue weighted by atomic mass is 9.96. The van der Waals surface area contributed by atoms with Crippen molar-refractivity contribution in [1.82, 2.24) is 10.2 Å². The quantitative estimate of drug-likeness (QED) is 0.683. The molecular formula is C11H20N2O. The van der Waals surface area contributed by atoms with Gasteiger partial charge in [-0.15, -0.1) is 0 Å². The maximum absolute atomic E-state index is 11.6. The van der Waals surface area contributed by atoms with Crippen LogP contribution in [0.15, 0.2) is 12.7 Å². The number of hydrogen-bond acceptors (Lipinski definition) is 2. The zero-order valence-electron chi connectivity index (χ0n) is 9.34. The van der Waals surface area contributed by atoms with Gasteiger partial charge in [0, 0.05) is 12.1 Å². The van der Waals surface area contributed by atoms with Crippen molar-refractivity contribution in [3.8, 4) is 0 Å². The molecule has 0 radical (unpaired) electrons. The average Bonchev–Trinajstić information content (AvgIpc) is 2.40. The molecule has 1 unspecified atom stereocenters. The van der Waals surface area contributed by atoms with Gasteiger partial charge in [-0.25, -0.2) is 0 Å². The van der Waals surface area contributed by atoms with Crippen molar-refractivity contribution in [2.24, 2.45) is 5.92 Å². The van der Waals surface area contributed by atoms with Gasteiger partial charge in [0.1, 0.15) is 0 Å². The van der Waals surface area contributed by atoms with Crippen molar-refractivity contribution in [2.75, 3.05) is 20.1 Å². The molecule has 1 amide bonds. The molecule has 1 saturated heterocycles.